The fourth-order valence-electron chi connectivity index (χ4n) is 6.39. The summed E-state index contributed by atoms with van der Waals surface area (Å²) in [5.41, 5.74) is 13.7. The van der Waals surface area contributed by atoms with Gasteiger partial charge in [0.05, 0.1) is 0 Å². The zero-order valence-corrected chi connectivity index (χ0v) is 21.4. The largest absolute Gasteiger partial charge is 0.376 e. The SMILES string of the molecule is c1ccc(-c2cc3c4c(c2)N(c2ccccc2)c2ccccc2B4N(c2ccccc2)c2ccccc2-3)cc1. The number of para-hydroxylation sites is 4. The minimum Gasteiger partial charge on any atom is -0.376 e. The van der Waals surface area contributed by atoms with Crippen molar-refractivity contribution in [2.45, 2.75) is 0 Å². The number of hydrogen-bond acceptors (Lipinski definition) is 2. The van der Waals surface area contributed by atoms with Crippen molar-refractivity contribution in [2.75, 3.05) is 9.71 Å². The van der Waals surface area contributed by atoms with Crippen molar-refractivity contribution in [1.82, 2.24) is 0 Å². The van der Waals surface area contributed by atoms with Crippen molar-refractivity contribution in [1.29, 1.82) is 0 Å². The highest BCUT2D eigenvalue weighted by molar-refractivity contribution is 6.93. The lowest BCUT2D eigenvalue weighted by molar-refractivity contribution is 1.27. The van der Waals surface area contributed by atoms with Crippen LogP contribution in [0.5, 0.6) is 0 Å². The number of anilines is 5. The molecule has 39 heavy (non-hydrogen) atoms. The van der Waals surface area contributed by atoms with Crippen LogP contribution in [0.4, 0.5) is 28.4 Å². The van der Waals surface area contributed by atoms with Gasteiger partial charge in [0.1, 0.15) is 0 Å². The summed E-state index contributed by atoms with van der Waals surface area (Å²) in [5.74, 6) is 0. The van der Waals surface area contributed by atoms with Gasteiger partial charge in [0, 0.05) is 34.0 Å². The Morgan fingerprint density at radius 1 is 0.410 bits per heavy atom. The number of hydrogen-bond donors (Lipinski definition) is 0. The molecule has 2 aliphatic heterocycles. The minimum atomic E-state index is 0.0493. The smallest absolute Gasteiger partial charge is 0.333 e. The number of nitrogens with zero attached hydrogens (tertiary/aromatic N) is 2. The fraction of sp³-hybridized carbons (Fsp3) is 0. The molecule has 2 nitrogen and oxygen atoms in total. The van der Waals surface area contributed by atoms with Crippen molar-refractivity contribution in [3.05, 3.63) is 152 Å². The fourth-order valence-corrected chi connectivity index (χ4v) is 6.39. The standard InChI is InChI=1S/C36H25BN2/c1-4-14-26(15-5-1)27-24-31-30-20-10-12-22-33(30)39(29-18-8-3-9-19-29)37-32-21-11-13-23-34(32)38(35(25-27)36(31)37)28-16-6-2-7-17-28/h1-25H. The Morgan fingerprint density at radius 2 is 1.00 bits per heavy atom. The molecular formula is C36H25BN2. The normalized spacial score (nSPS) is 13.0. The molecule has 0 bridgehead atoms. The molecule has 0 N–H and O–H groups in total. The molecule has 0 spiro atoms. The van der Waals surface area contributed by atoms with E-state index in [1.807, 2.05) is 0 Å². The van der Waals surface area contributed by atoms with Crippen molar-refractivity contribution >= 4 is 46.2 Å². The second-order valence-corrected chi connectivity index (χ2v) is 10.2. The van der Waals surface area contributed by atoms with Gasteiger partial charge in [-0.2, -0.15) is 0 Å². The molecule has 8 rings (SSSR count). The lowest BCUT2D eigenvalue weighted by atomic mass is 9.43. The number of benzene rings is 6. The molecule has 6 aromatic rings. The maximum Gasteiger partial charge on any atom is 0.333 e. The molecule has 0 fully saturated rings. The van der Waals surface area contributed by atoms with Crippen molar-refractivity contribution in [3.63, 3.8) is 0 Å². The van der Waals surface area contributed by atoms with Gasteiger partial charge in [-0.3, -0.25) is 0 Å². The van der Waals surface area contributed by atoms with E-state index >= 15 is 0 Å². The molecular weight excluding hydrogens is 471 g/mol. The molecule has 0 unspecified atom stereocenters. The number of fused-ring (bicyclic) bond motifs is 4. The molecule has 0 aliphatic carbocycles. The third-order valence-corrected chi connectivity index (χ3v) is 8.01. The molecule has 3 heteroatoms. The van der Waals surface area contributed by atoms with Crippen LogP contribution in [0.1, 0.15) is 0 Å². The van der Waals surface area contributed by atoms with Gasteiger partial charge in [-0.1, -0.05) is 103 Å². The van der Waals surface area contributed by atoms with Crippen molar-refractivity contribution in [2.24, 2.45) is 0 Å². The van der Waals surface area contributed by atoms with Crippen LogP contribution in [0.3, 0.4) is 0 Å². The van der Waals surface area contributed by atoms with Gasteiger partial charge in [0.25, 0.3) is 0 Å². The summed E-state index contributed by atoms with van der Waals surface area (Å²) in [4.78, 5) is 4.98. The van der Waals surface area contributed by atoms with Crippen LogP contribution >= 0.6 is 0 Å². The maximum atomic E-state index is 2.53. The highest BCUT2D eigenvalue weighted by Gasteiger charge is 2.44. The molecule has 2 heterocycles. The average molecular weight is 496 g/mol. The summed E-state index contributed by atoms with van der Waals surface area (Å²) >= 11 is 0. The molecule has 2 aliphatic rings. The quantitative estimate of drug-likeness (QED) is 0.229. The van der Waals surface area contributed by atoms with Crippen LogP contribution in [-0.2, 0) is 0 Å². The monoisotopic (exact) mass is 496 g/mol. The van der Waals surface area contributed by atoms with Crippen molar-refractivity contribution < 1.29 is 0 Å². The van der Waals surface area contributed by atoms with Crippen LogP contribution in [0.15, 0.2) is 152 Å². The minimum absolute atomic E-state index is 0.0493. The molecule has 182 valence electrons. The van der Waals surface area contributed by atoms with E-state index in [2.05, 4.69) is 161 Å². The summed E-state index contributed by atoms with van der Waals surface area (Å²) in [5, 5.41) is 0. The third kappa shape index (κ3) is 3.37. The van der Waals surface area contributed by atoms with Crippen LogP contribution in [-0.4, -0.2) is 6.85 Å². The third-order valence-electron chi connectivity index (χ3n) is 8.01. The zero-order chi connectivity index (χ0) is 25.8. The van der Waals surface area contributed by atoms with Crippen LogP contribution in [0.25, 0.3) is 22.3 Å². The summed E-state index contributed by atoms with van der Waals surface area (Å²) in [6.07, 6.45) is 0. The lowest BCUT2D eigenvalue weighted by Crippen LogP contribution is -2.61. The molecule has 0 saturated heterocycles. The highest BCUT2D eigenvalue weighted by Crippen LogP contribution is 2.47. The first-order chi connectivity index (χ1) is 19.4. The Balaban J connectivity index is 1.51. The first-order valence-corrected chi connectivity index (χ1v) is 13.5. The Kier molecular flexibility index (Phi) is 4.96. The van der Waals surface area contributed by atoms with E-state index in [0.717, 1.165) is 0 Å². The van der Waals surface area contributed by atoms with E-state index in [1.165, 1.54) is 61.6 Å². The predicted molar refractivity (Wildman–Crippen MR) is 166 cm³/mol. The number of rotatable bonds is 3. The Bertz CT molecular complexity index is 1820. The van der Waals surface area contributed by atoms with Crippen LogP contribution in [0, 0.1) is 0 Å². The lowest BCUT2D eigenvalue weighted by Gasteiger charge is -2.45. The second kappa shape index (κ2) is 8.78. The molecule has 0 aromatic heterocycles. The van der Waals surface area contributed by atoms with Gasteiger partial charge in [-0.25, -0.2) is 0 Å². The first kappa shape index (κ1) is 22.0. The Labute approximate surface area is 229 Å². The van der Waals surface area contributed by atoms with Crippen LogP contribution in [0.2, 0.25) is 0 Å². The summed E-state index contributed by atoms with van der Waals surface area (Å²) in [6.45, 7) is 0.0493. The van der Waals surface area contributed by atoms with E-state index in [-0.39, 0.29) is 6.85 Å². The van der Waals surface area contributed by atoms with Gasteiger partial charge in [-0.15, -0.1) is 0 Å². The molecule has 0 amide bonds. The molecule has 0 radical (unpaired) electrons. The van der Waals surface area contributed by atoms with Crippen LogP contribution < -0.4 is 20.6 Å². The van der Waals surface area contributed by atoms with Gasteiger partial charge in [0.2, 0.25) is 0 Å². The van der Waals surface area contributed by atoms with Gasteiger partial charge >= 0.3 is 6.85 Å². The zero-order valence-electron chi connectivity index (χ0n) is 21.4. The molecule has 0 saturated carbocycles. The topological polar surface area (TPSA) is 6.48 Å². The summed E-state index contributed by atoms with van der Waals surface area (Å²) in [6, 6.07) is 54.9. The second-order valence-electron chi connectivity index (χ2n) is 10.2. The highest BCUT2D eigenvalue weighted by atomic mass is 15.2. The van der Waals surface area contributed by atoms with E-state index in [9.17, 15) is 0 Å². The first-order valence-electron chi connectivity index (χ1n) is 13.5. The van der Waals surface area contributed by atoms with Gasteiger partial charge in [0.15, 0.2) is 0 Å². The van der Waals surface area contributed by atoms with E-state index < -0.39 is 0 Å². The maximum absolute atomic E-state index is 2.53. The van der Waals surface area contributed by atoms with E-state index in [1.54, 1.807) is 0 Å². The Hall–Kier alpha value is -5.02. The molecule has 0 atom stereocenters. The van der Waals surface area contributed by atoms with Gasteiger partial charge < -0.3 is 9.71 Å². The summed E-state index contributed by atoms with van der Waals surface area (Å²) < 4.78 is 0. The average Bonchev–Trinajstić information content (AvgIpc) is 3.02. The van der Waals surface area contributed by atoms with Gasteiger partial charge in [-0.05, 0) is 76.1 Å². The van der Waals surface area contributed by atoms with E-state index in [4.69, 9.17) is 0 Å². The Morgan fingerprint density at radius 3 is 1.74 bits per heavy atom. The predicted octanol–water partition coefficient (Wildman–Crippen LogP) is 8.06. The van der Waals surface area contributed by atoms with Crippen molar-refractivity contribution in [3.8, 4) is 22.3 Å². The molecule has 6 aromatic carbocycles. The summed E-state index contributed by atoms with van der Waals surface area (Å²) in [7, 11) is 0. The van der Waals surface area contributed by atoms with E-state index in [0.29, 0.717) is 0 Å².